The number of carbonyl (C=O) groups excluding carboxylic acids is 5. The van der Waals surface area contributed by atoms with E-state index in [1.807, 2.05) is 67.1 Å². The van der Waals surface area contributed by atoms with Gasteiger partial charge in [0.25, 0.3) is 0 Å². The molecule has 1 aliphatic rings. The van der Waals surface area contributed by atoms with Gasteiger partial charge in [0.2, 0.25) is 11.8 Å². The lowest BCUT2D eigenvalue weighted by atomic mass is 9.95. The van der Waals surface area contributed by atoms with Crippen LogP contribution in [0, 0.1) is 0 Å². The van der Waals surface area contributed by atoms with E-state index in [0.717, 1.165) is 22.4 Å². The van der Waals surface area contributed by atoms with Crippen molar-refractivity contribution in [2.75, 3.05) is 71.4 Å². The van der Waals surface area contributed by atoms with Gasteiger partial charge in [0.05, 0.1) is 41.8 Å². The molecule has 2 atom stereocenters. The molecule has 5 rings (SSSR count). The van der Waals surface area contributed by atoms with Crippen LogP contribution in [0.4, 0.5) is 20.1 Å². The van der Waals surface area contributed by atoms with Gasteiger partial charge in [0, 0.05) is 58.4 Å². The molecule has 0 aliphatic carbocycles. The molecular formula is C49H68N8O12S. The Morgan fingerprint density at radius 2 is 1.37 bits per heavy atom. The summed E-state index contributed by atoms with van der Waals surface area (Å²) in [6, 6.07) is 22.3. The summed E-state index contributed by atoms with van der Waals surface area (Å²) >= 11 is 0. The molecule has 0 bridgehead atoms. The number of sulfone groups is 1. The second kappa shape index (κ2) is 30.1. The highest BCUT2D eigenvalue weighted by atomic mass is 32.2. The maximum Gasteiger partial charge on any atom is 0.407 e. The van der Waals surface area contributed by atoms with Crippen molar-refractivity contribution in [3.63, 3.8) is 0 Å². The van der Waals surface area contributed by atoms with Crippen LogP contribution in [0.2, 0.25) is 0 Å². The molecule has 5 amide bonds. The number of amides is 5. The molecule has 1 aromatic heterocycles. The highest BCUT2D eigenvalue weighted by molar-refractivity contribution is 7.91. The van der Waals surface area contributed by atoms with Gasteiger partial charge in [0.15, 0.2) is 9.84 Å². The number of benzene rings is 3. The molecule has 0 radical (unpaired) electrons. The predicted octanol–water partition coefficient (Wildman–Crippen LogP) is 6.03. The van der Waals surface area contributed by atoms with E-state index in [1.165, 1.54) is 33.4 Å². The summed E-state index contributed by atoms with van der Waals surface area (Å²) in [7, 11) is 0.680. The number of ether oxygens (including phenoxy) is 5. The molecule has 0 saturated heterocycles. The average molecular weight is 993 g/mol. The fraction of sp³-hybridized carbons (Fsp3) is 0.490. The number of para-hydroxylation sites is 1. The number of carbonyl (C=O) groups is 5. The van der Waals surface area contributed by atoms with Gasteiger partial charge in [-0.15, -0.1) is 5.10 Å². The third kappa shape index (κ3) is 17.4. The monoisotopic (exact) mass is 992 g/mol. The molecule has 20 nitrogen and oxygen atoms in total. The van der Waals surface area contributed by atoms with E-state index in [9.17, 15) is 32.4 Å². The number of fused-ring (bicyclic) bond motifs is 5. The summed E-state index contributed by atoms with van der Waals surface area (Å²) in [4.78, 5) is 66.3. The molecule has 4 aromatic rings. The van der Waals surface area contributed by atoms with Crippen LogP contribution in [0.15, 0.2) is 83.8 Å². The molecule has 3 aromatic carbocycles. The molecule has 2 heterocycles. The van der Waals surface area contributed by atoms with Gasteiger partial charge in [-0.05, 0) is 62.3 Å². The lowest BCUT2D eigenvalue weighted by molar-refractivity contribution is -0.123. The van der Waals surface area contributed by atoms with Crippen molar-refractivity contribution in [2.24, 2.45) is 0 Å². The zero-order valence-electron chi connectivity index (χ0n) is 40.8. The summed E-state index contributed by atoms with van der Waals surface area (Å²) in [5.41, 5.74) is 4.40. The predicted molar refractivity (Wildman–Crippen MR) is 263 cm³/mol. The zero-order valence-corrected chi connectivity index (χ0v) is 41.6. The summed E-state index contributed by atoms with van der Waals surface area (Å²) in [6.45, 7) is 5.48. The first-order valence-corrected chi connectivity index (χ1v) is 25.3. The van der Waals surface area contributed by atoms with Crippen molar-refractivity contribution < 1.29 is 56.1 Å². The van der Waals surface area contributed by atoms with Gasteiger partial charge in [-0.2, -0.15) is 0 Å². The van der Waals surface area contributed by atoms with Crippen LogP contribution < -0.4 is 26.2 Å². The van der Waals surface area contributed by atoms with E-state index in [2.05, 4.69) is 31.6 Å². The Kier molecular flexibility index (Phi) is 24.1. The number of anilines is 1. The molecular weight excluding hydrogens is 925 g/mol. The Hall–Kier alpha value is -6.58. The summed E-state index contributed by atoms with van der Waals surface area (Å²) in [6.07, 6.45) is 0.375. The van der Waals surface area contributed by atoms with Gasteiger partial charge in [-0.25, -0.2) is 27.5 Å². The molecule has 0 spiro atoms. The summed E-state index contributed by atoms with van der Waals surface area (Å²) in [5, 5.41) is 19.7. The van der Waals surface area contributed by atoms with Crippen LogP contribution in [-0.2, 0) is 56.2 Å². The number of nitrogens with zero attached hydrogens (tertiary/aromatic N) is 4. The fourth-order valence-electron chi connectivity index (χ4n) is 7.51. The van der Waals surface area contributed by atoms with E-state index >= 15 is 0 Å². The van der Waals surface area contributed by atoms with E-state index < -0.39 is 46.2 Å². The minimum absolute atomic E-state index is 0.0114. The number of nitrogens with one attached hydrogen (secondary N) is 4. The minimum Gasteiger partial charge on any atom is -0.447 e. The Morgan fingerprint density at radius 3 is 2.09 bits per heavy atom. The van der Waals surface area contributed by atoms with Gasteiger partial charge < -0.3 is 49.9 Å². The number of aromatic nitrogens is 3. The number of methoxy groups -OCH3 is 2. The maximum absolute atomic E-state index is 14.3. The van der Waals surface area contributed by atoms with Crippen LogP contribution in [0.1, 0.15) is 70.8 Å². The molecule has 0 fully saturated rings. The third-order valence-electron chi connectivity index (χ3n) is 10.9. The molecule has 382 valence electrons. The Labute approximate surface area is 410 Å². The average Bonchev–Trinajstić information content (AvgIpc) is 3.78. The quantitative estimate of drug-likeness (QED) is 0.0414. The smallest absolute Gasteiger partial charge is 0.407 e. The highest BCUT2D eigenvalue weighted by Gasteiger charge is 2.30. The summed E-state index contributed by atoms with van der Waals surface area (Å²) < 4.78 is 53.5. The van der Waals surface area contributed by atoms with Crippen LogP contribution >= 0.6 is 0 Å². The first-order valence-electron chi connectivity index (χ1n) is 23.6. The van der Waals surface area contributed by atoms with Crippen molar-refractivity contribution in [1.29, 1.82) is 0 Å². The number of rotatable bonds is 26. The molecule has 21 heteroatoms. The molecule has 70 heavy (non-hydrogen) atoms. The fourth-order valence-corrected chi connectivity index (χ4v) is 9.00. The first-order chi connectivity index (χ1) is 33.9. The van der Waals surface area contributed by atoms with Crippen LogP contribution in [0.3, 0.4) is 0 Å². The number of alkyl carbamates (subject to hydrolysis) is 3. The maximum atomic E-state index is 14.3. The molecule has 2 unspecified atom stereocenters. The second-order valence-electron chi connectivity index (χ2n) is 15.8. The minimum atomic E-state index is -3.71. The number of unbranched alkanes of at least 4 members (excludes halogenated alkanes) is 3. The van der Waals surface area contributed by atoms with E-state index in [0.29, 0.717) is 56.5 Å². The van der Waals surface area contributed by atoms with Gasteiger partial charge in [-0.3, -0.25) is 9.59 Å². The third-order valence-corrected chi connectivity index (χ3v) is 12.7. The van der Waals surface area contributed by atoms with Crippen molar-refractivity contribution in [2.45, 2.75) is 95.3 Å². The van der Waals surface area contributed by atoms with Gasteiger partial charge in [0.1, 0.15) is 31.1 Å². The lowest BCUT2D eigenvalue weighted by Crippen LogP contribution is -2.47. The number of hydrogen-bond donors (Lipinski definition) is 4. The van der Waals surface area contributed by atoms with Gasteiger partial charge in [-0.1, -0.05) is 86.1 Å². The van der Waals surface area contributed by atoms with E-state index in [1.54, 1.807) is 23.1 Å². The van der Waals surface area contributed by atoms with Crippen molar-refractivity contribution in [3.05, 3.63) is 84.4 Å². The number of aryl methyl sites for hydroxylation is 1. The Balaban J connectivity index is 0.00000526. The van der Waals surface area contributed by atoms with E-state index in [-0.39, 0.29) is 75.5 Å². The van der Waals surface area contributed by atoms with Crippen molar-refractivity contribution in [1.82, 2.24) is 36.3 Å². The first kappa shape index (κ1) is 56.0. The summed E-state index contributed by atoms with van der Waals surface area (Å²) in [5.74, 6) is -1.11. The Morgan fingerprint density at radius 1 is 0.714 bits per heavy atom. The largest absolute Gasteiger partial charge is 0.447 e. The molecule has 4 N–H and O–H groups in total. The Bertz CT molecular complexity index is 2380. The SMILES string of the molecule is CC.CNC(=O)OC(CCCCCn1nnc2c1-c1ccccc1N(C(=O)CCNC(=O)C(CCCCNC(=O)OCCOC)NC(=O)OCCOC)Cc1ccccc1-2)CS(=O)(=O)c1ccccc1. The van der Waals surface area contributed by atoms with Crippen molar-refractivity contribution >= 4 is 45.6 Å². The topological polar surface area (TPSA) is 248 Å². The van der Waals surface area contributed by atoms with Crippen molar-refractivity contribution in [3.8, 4) is 22.5 Å². The van der Waals surface area contributed by atoms with Gasteiger partial charge >= 0.3 is 18.3 Å². The number of hydrogen-bond acceptors (Lipinski definition) is 14. The lowest BCUT2D eigenvalue weighted by Gasteiger charge is -2.29. The normalized spacial score (nSPS) is 12.4. The standard InChI is InChI=1S/C47H62N8O12S.C2H6/c1-48-45(58)67-35(33-68(61,62)36-18-7-4-8-19-36)17-6-5-15-27-55-43-38-21-11-12-23-40(38)54(32-34-16-9-10-20-37(34)42(43)52-53-55)41(56)24-26-49-44(57)39(51-47(60)66-31-29-64-3)22-13-14-25-50-46(59)65-30-28-63-2;1-2/h4,7-12,16,18-21,23,35,39H,5-6,13-15,17,22,24-33H2,1-3H3,(H,48,58)(H,49,57)(H,50,59)(H,51,60);1-2H3. The molecule has 1 aliphatic heterocycles. The molecule has 0 saturated carbocycles. The second-order valence-corrected chi connectivity index (χ2v) is 17.8. The zero-order chi connectivity index (χ0) is 50.7. The highest BCUT2D eigenvalue weighted by Crippen LogP contribution is 2.41. The van der Waals surface area contributed by atoms with Crippen LogP contribution in [0.5, 0.6) is 0 Å². The van der Waals surface area contributed by atoms with E-state index in [4.69, 9.17) is 23.7 Å². The van der Waals surface area contributed by atoms with Crippen LogP contribution in [0.25, 0.3) is 22.5 Å². The van der Waals surface area contributed by atoms with Crippen LogP contribution in [-0.4, -0.2) is 132 Å².